The number of rotatable bonds is 2. The maximum Gasteiger partial charge on any atom is 0.124 e. The zero-order valence-corrected chi connectivity index (χ0v) is 9.90. The molecule has 1 saturated heterocycles. The van der Waals surface area contributed by atoms with Gasteiger partial charge < -0.3 is 15.2 Å². The average molecular weight is 221 g/mol. The summed E-state index contributed by atoms with van der Waals surface area (Å²) in [5, 5.41) is 0. The van der Waals surface area contributed by atoms with Crippen molar-refractivity contribution in [3.63, 3.8) is 0 Å². The molecule has 1 fully saturated rings. The van der Waals surface area contributed by atoms with E-state index >= 15 is 0 Å². The van der Waals surface area contributed by atoms with Crippen LogP contribution in [0.5, 0.6) is 5.75 Å². The van der Waals surface area contributed by atoms with Crippen LogP contribution in [0.1, 0.15) is 25.3 Å². The van der Waals surface area contributed by atoms with E-state index in [2.05, 4.69) is 13.0 Å². The molecular weight excluding hydrogens is 202 g/mol. The zero-order valence-electron chi connectivity index (χ0n) is 9.90. The van der Waals surface area contributed by atoms with Crippen LogP contribution in [0.15, 0.2) is 24.3 Å². The van der Waals surface area contributed by atoms with Gasteiger partial charge in [-0.15, -0.1) is 0 Å². The zero-order chi connectivity index (χ0) is 11.6. The van der Waals surface area contributed by atoms with Gasteiger partial charge in [0.25, 0.3) is 0 Å². The minimum Gasteiger partial charge on any atom is -0.496 e. The minimum absolute atomic E-state index is 0.212. The summed E-state index contributed by atoms with van der Waals surface area (Å²) in [6, 6.07) is 8.20. The normalized spacial score (nSPS) is 30.1. The molecule has 2 atom stereocenters. The fourth-order valence-electron chi connectivity index (χ4n) is 2.37. The first-order valence-corrected chi connectivity index (χ1v) is 5.69. The van der Waals surface area contributed by atoms with E-state index in [-0.39, 0.29) is 11.6 Å². The fraction of sp³-hybridized carbons (Fsp3) is 0.538. The molecular formula is C13H19NO2. The molecule has 1 aromatic carbocycles. The summed E-state index contributed by atoms with van der Waals surface area (Å²) in [5.41, 5.74) is 6.79. The van der Waals surface area contributed by atoms with Gasteiger partial charge in [0, 0.05) is 18.2 Å². The summed E-state index contributed by atoms with van der Waals surface area (Å²) in [7, 11) is 1.69. The molecule has 2 rings (SSSR count). The van der Waals surface area contributed by atoms with Gasteiger partial charge in [0.1, 0.15) is 5.75 Å². The van der Waals surface area contributed by atoms with Crippen molar-refractivity contribution in [2.75, 3.05) is 13.7 Å². The van der Waals surface area contributed by atoms with E-state index in [9.17, 15) is 0 Å². The first-order valence-electron chi connectivity index (χ1n) is 5.69. The lowest BCUT2D eigenvalue weighted by Crippen LogP contribution is -2.41. The predicted molar refractivity (Wildman–Crippen MR) is 63.5 cm³/mol. The molecule has 0 amide bonds. The maximum absolute atomic E-state index is 6.02. The molecule has 0 bridgehead atoms. The standard InChI is InChI=1S/C13H19NO2/c1-13(9-10(14)7-8-16-13)11-5-3-4-6-12(11)15-2/h3-6,10H,7-9,14H2,1-2H3. The van der Waals surface area contributed by atoms with Crippen LogP contribution in [-0.2, 0) is 10.3 Å². The highest BCUT2D eigenvalue weighted by atomic mass is 16.5. The van der Waals surface area contributed by atoms with Crippen molar-refractivity contribution in [3.8, 4) is 5.75 Å². The van der Waals surface area contributed by atoms with Gasteiger partial charge >= 0.3 is 0 Å². The van der Waals surface area contributed by atoms with Crippen LogP contribution in [0.2, 0.25) is 0 Å². The van der Waals surface area contributed by atoms with Crippen molar-refractivity contribution in [2.45, 2.75) is 31.4 Å². The molecule has 0 aromatic heterocycles. The molecule has 88 valence electrons. The maximum atomic E-state index is 6.02. The van der Waals surface area contributed by atoms with E-state index in [1.807, 2.05) is 18.2 Å². The Morgan fingerprint density at radius 2 is 2.19 bits per heavy atom. The van der Waals surface area contributed by atoms with Crippen molar-refractivity contribution in [3.05, 3.63) is 29.8 Å². The van der Waals surface area contributed by atoms with E-state index < -0.39 is 0 Å². The number of methoxy groups -OCH3 is 1. The second kappa shape index (κ2) is 4.44. The molecule has 0 spiro atoms. The third-order valence-electron chi connectivity index (χ3n) is 3.24. The summed E-state index contributed by atoms with van der Waals surface area (Å²) in [6.07, 6.45) is 1.78. The van der Waals surface area contributed by atoms with Gasteiger partial charge in [-0.05, 0) is 25.8 Å². The number of hydrogen-bond acceptors (Lipinski definition) is 3. The van der Waals surface area contributed by atoms with Crippen LogP contribution >= 0.6 is 0 Å². The first-order chi connectivity index (χ1) is 7.65. The van der Waals surface area contributed by atoms with Gasteiger partial charge in [-0.25, -0.2) is 0 Å². The van der Waals surface area contributed by atoms with Gasteiger partial charge in [0.2, 0.25) is 0 Å². The molecule has 1 aliphatic heterocycles. The Kier molecular flexibility index (Phi) is 3.17. The van der Waals surface area contributed by atoms with Gasteiger partial charge in [-0.1, -0.05) is 18.2 Å². The number of para-hydroxylation sites is 1. The molecule has 16 heavy (non-hydrogen) atoms. The van der Waals surface area contributed by atoms with Crippen LogP contribution in [0.25, 0.3) is 0 Å². The second-order valence-electron chi connectivity index (χ2n) is 4.53. The summed E-state index contributed by atoms with van der Waals surface area (Å²) < 4.78 is 11.3. The van der Waals surface area contributed by atoms with E-state index in [0.717, 1.165) is 30.8 Å². The Bertz CT molecular complexity index is 367. The Hall–Kier alpha value is -1.06. The molecule has 0 aliphatic carbocycles. The van der Waals surface area contributed by atoms with Crippen LogP contribution < -0.4 is 10.5 Å². The van der Waals surface area contributed by atoms with E-state index in [1.165, 1.54) is 0 Å². The quantitative estimate of drug-likeness (QED) is 0.831. The number of nitrogens with two attached hydrogens (primary N) is 1. The van der Waals surface area contributed by atoms with E-state index in [4.69, 9.17) is 15.2 Å². The molecule has 0 saturated carbocycles. The largest absolute Gasteiger partial charge is 0.496 e. The molecule has 3 nitrogen and oxygen atoms in total. The summed E-state index contributed by atoms with van der Waals surface area (Å²) in [6.45, 7) is 2.81. The fourth-order valence-corrected chi connectivity index (χ4v) is 2.37. The minimum atomic E-state index is -0.315. The van der Waals surface area contributed by atoms with Gasteiger partial charge in [0.05, 0.1) is 12.7 Å². The second-order valence-corrected chi connectivity index (χ2v) is 4.53. The highest BCUT2D eigenvalue weighted by molar-refractivity contribution is 5.38. The Labute approximate surface area is 96.5 Å². The van der Waals surface area contributed by atoms with Gasteiger partial charge in [-0.2, -0.15) is 0 Å². The van der Waals surface area contributed by atoms with Crippen molar-refractivity contribution in [2.24, 2.45) is 5.73 Å². The van der Waals surface area contributed by atoms with Crippen LogP contribution in [0.3, 0.4) is 0 Å². The van der Waals surface area contributed by atoms with E-state index in [0.29, 0.717) is 0 Å². The first kappa shape index (κ1) is 11.4. The molecule has 1 aliphatic rings. The third kappa shape index (κ3) is 2.06. The highest BCUT2D eigenvalue weighted by Gasteiger charge is 2.35. The van der Waals surface area contributed by atoms with Crippen LogP contribution in [0.4, 0.5) is 0 Å². The Morgan fingerprint density at radius 1 is 1.44 bits per heavy atom. The van der Waals surface area contributed by atoms with Crippen LogP contribution in [0, 0.1) is 0 Å². The topological polar surface area (TPSA) is 44.5 Å². The summed E-state index contributed by atoms with van der Waals surface area (Å²) >= 11 is 0. The van der Waals surface area contributed by atoms with Gasteiger partial charge in [-0.3, -0.25) is 0 Å². The molecule has 2 N–H and O–H groups in total. The molecule has 1 heterocycles. The average Bonchev–Trinajstić information content (AvgIpc) is 2.29. The van der Waals surface area contributed by atoms with Crippen molar-refractivity contribution < 1.29 is 9.47 Å². The van der Waals surface area contributed by atoms with Crippen LogP contribution in [-0.4, -0.2) is 19.8 Å². The Morgan fingerprint density at radius 3 is 2.88 bits per heavy atom. The number of ether oxygens (including phenoxy) is 2. The molecule has 0 radical (unpaired) electrons. The number of benzene rings is 1. The monoisotopic (exact) mass is 221 g/mol. The lowest BCUT2D eigenvalue weighted by atomic mass is 9.85. The molecule has 1 aromatic rings. The smallest absolute Gasteiger partial charge is 0.124 e. The van der Waals surface area contributed by atoms with Crippen molar-refractivity contribution >= 4 is 0 Å². The predicted octanol–water partition coefficient (Wildman–Crippen LogP) is 2.05. The lowest BCUT2D eigenvalue weighted by molar-refractivity contribution is -0.0776. The lowest BCUT2D eigenvalue weighted by Gasteiger charge is -2.38. The SMILES string of the molecule is COc1ccccc1C1(C)CC(N)CCO1. The van der Waals surface area contributed by atoms with E-state index in [1.54, 1.807) is 7.11 Å². The van der Waals surface area contributed by atoms with Crippen molar-refractivity contribution in [1.29, 1.82) is 0 Å². The highest BCUT2D eigenvalue weighted by Crippen LogP contribution is 2.38. The Balaban J connectivity index is 2.34. The third-order valence-corrected chi connectivity index (χ3v) is 3.24. The van der Waals surface area contributed by atoms with Crippen molar-refractivity contribution in [1.82, 2.24) is 0 Å². The summed E-state index contributed by atoms with van der Waals surface area (Å²) in [5.74, 6) is 0.874. The summed E-state index contributed by atoms with van der Waals surface area (Å²) in [4.78, 5) is 0. The molecule has 3 heteroatoms. The number of hydrogen-bond donors (Lipinski definition) is 1. The molecule has 2 unspecified atom stereocenters. The van der Waals surface area contributed by atoms with Gasteiger partial charge in [0.15, 0.2) is 0 Å².